The lowest BCUT2D eigenvalue weighted by molar-refractivity contribution is -0.136. The molecule has 1 aromatic rings. The number of rotatable bonds is 4. The van der Waals surface area contributed by atoms with Crippen molar-refractivity contribution in [3.63, 3.8) is 0 Å². The van der Waals surface area contributed by atoms with Crippen molar-refractivity contribution in [2.45, 2.75) is 13.3 Å². The molecule has 18 heavy (non-hydrogen) atoms. The average Bonchev–Trinajstić information content (AvgIpc) is 2.29. The average molecular weight is 319 g/mol. The molecule has 0 bridgehead atoms. The van der Waals surface area contributed by atoms with Gasteiger partial charge in [-0.05, 0) is 19.1 Å². The number of anilines is 1. The second-order valence-corrected chi connectivity index (χ2v) is 4.41. The standard InChI is InChI=1S/C11H12BrFN2O3/c1-6-7(12)2-3-8(10(6)13)15-11(18)14-5-4-9(16)17/h2-3H,4-5H2,1H3,(H,16,17)(H2,14,15,18). The van der Waals surface area contributed by atoms with Gasteiger partial charge in [-0.25, -0.2) is 9.18 Å². The molecule has 0 radical (unpaired) electrons. The highest BCUT2D eigenvalue weighted by Gasteiger charge is 2.10. The second-order valence-electron chi connectivity index (χ2n) is 3.56. The van der Waals surface area contributed by atoms with Crippen LogP contribution in [0.25, 0.3) is 0 Å². The molecule has 1 rings (SSSR count). The third kappa shape index (κ3) is 3.99. The topological polar surface area (TPSA) is 78.4 Å². The predicted molar refractivity (Wildman–Crippen MR) is 68.1 cm³/mol. The highest BCUT2D eigenvalue weighted by atomic mass is 79.9. The number of halogens is 2. The first-order chi connectivity index (χ1) is 8.41. The van der Waals surface area contributed by atoms with Crippen molar-refractivity contribution in [1.29, 1.82) is 0 Å². The summed E-state index contributed by atoms with van der Waals surface area (Å²) in [6.07, 6.45) is -0.185. The Morgan fingerprint density at radius 3 is 2.72 bits per heavy atom. The minimum atomic E-state index is -1.01. The number of carbonyl (C=O) groups excluding carboxylic acids is 1. The van der Waals surface area contributed by atoms with Crippen LogP contribution in [0.3, 0.4) is 0 Å². The van der Waals surface area contributed by atoms with E-state index in [-0.39, 0.29) is 18.7 Å². The maximum absolute atomic E-state index is 13.7. The van der Waals surface area contributed by atoms with E-state index in [9.17, 15) is 14.0 Å². The van der Waals surface area contributed by atoms with E-state index in [4.69, 9.17) is 5.11 Å². The van der Waals surface area contributed by atoms with Gasteiger partial charge in [0.25, 0.3) is 0 Å². The lowest BCUT2D eigenvalue weighted by Gasteiger charge is -2.09. The van der Waals surface area contributed by atoms with Crippen molar-refractivity contribution in [2.24, 2.45) is 0 Å². The first-order valence-corrected chi connectivity index (χ1v) is 5.92. The molecule has 0 unspecified atom stereocenters. The third-order valence-electron chi connectivity index (χ3n) is 2.19. The van der Waals surface area contributed by atoms with Crippen LogP contribution in [0.2, 0.25) is 0 Å². The van der Waals surface area contributed by atoms with Gasteiger partial charge in [0.2, 0.25) is 0 Å². The summed E-state index contributed by atoms with van der Waals surface area (Å²) in [4.78, 5) is 21.6. The number of carboxylic acid groups (broad SMARTS) is 1. The molecule has 0 fully saturated rings. The SMILES string of the molecule is Cc1c(Br)ccc(NC(=O)NCCC(=O)O)c1F. The fourth-order valence-electron chi connectivity index (χ4n) is 1.21. The smallest absolute Gasteiger partial charge is 0.319 e. The van der Waals surface area contributed by atoms with Crippen LogP contribution in [0.1, 0.15) is 12.0 Å². The molecule has 0 saturated heterocycles. The van der Waals surface area contributed by atoms with Gasteiger partial charge in [-0.3, -0.25) is 4.79 Å². The van der Waals surface area contributed by atoms with E-state index in [1.165, 1.54) is 6.07 Å². The molecule has 0 aliphatic heterocycles. The minimum Gasteiger partial charge on any atom is -0.481 e. The molecule has 0 spiro atoms. The highest BCUT2D eigenvalue weighted by molar-refractivity contribution is 9.10. The van der Waals surface area contributed by atoms with Crippen LogP contribution in [0.15, 0.2) is 16.6 Å². The van der Waals surface area contributed by atoms with Crippen LogP contribution in [0, 0.1) is 12.7 Å². The number of carboxylic acids is 1. The zero-order valence-electron chi connectivity index (χ0n) is 9.59. The van der Waals surface area contributed by atoms with Gasteiger partial charge in [0.15, 0.2) is 5.82 Å². The Labute approximate surface area is 112 Å². The van der Waals surface area contributed by atoms with Gasteiger partial charge in [-0.1, -0.05) is 15.9 Å². The molecule has 0 saturated carbocycles. The molecule has 0 heterocycles. The molecule has 0 aliphatic rings. The number of hydrogen-bond acceptors (Lipinski definition) is 2. The van der Waals surface area contributed by atoms with Crippen LogP contribution in [0.5, 0.6) is 0 Å². The molecule has 1 aromatic carbocycles. The maximum atomic E-state index is 13.7. The highest BCUT2D eigenvalue weighted by Crippen LogP contribution is 2.24. The van der Waals surface area contributed by atoms with Gasteiger partial charge >= 0.3 is 12.0 Å². The van der Waals surface area contributed by atoms with Gasteiger partial charge in [0.1, 0.15) is 0 Å². The van der Waals surface area contributed by atoms with Crippen molar-refractivity contribution in [3.05, 3.63) is 28.0 Å². The largest absolute Gasteiger partial charge is 0.481 e. The Balaban J connectivity index is 2.60. The zero-order chi connectivity index (χ0) is 13.7. The summed E-state index contributed by atoms with van der Waals surface area (Å²) in [5.41, 5.74) is 0.432. The number of nitrogens with one attached hydrogen (secondary N) is 2. The monoisotopic (exact) mass is 318 g/mol. The van der Waals surface area contributed by atoms with Crippen LogP contribution < -0.4 is 10.6 Å². The van der Waals surface area contributed by atoms with Gasteiger partial charge in [-0.15, -0.1) is 0 Å². The molecule has 2 amide bonds. The Bertz CT molecular complexity index is 480. The van der Waals surface area contributed by atoms with Crippen molar-refractivity contribution >= 4 is 33.6 Å². The molecule has 7 heteroatoms. The van der Waals surface area contributed by atoms with Gasteiger partial charge in [0, 0.05) is 16.6 Å². The van der Waals surface area contributed by atoms with Crippen molar-refractivity contribution < 1.29 is 19.1 Å². The Morgan fingerprint density at radius 2 is 2.11 bits per heavy atom. The molecule has 5 nitrogen and oxygen atoms in total. The van der Waals surface area contributed by atoms with Gasteiger partial charge in [-0.2, -0.15) is 0 Å². The predicted octanol–water partition coefficient (Wildman–Crippen LogP) is 2.49. The van der Waals surface area contributed by atoms with Crippen LogP contribution in [-0.2, 0) is 4.79 Å². The zero-order valence-corrected chi connectivity index (χ0v) is 11.2. The van der Waals surface area contributed by atoms with E-state index in [1.54, 1.807) is 13.0 Å². The third-order valence-corrected chi connectivity index (χ3v) is 3.05. The Hall–Kier alpha value is -1.63. The molecule has 0 aromatic heterocycles. The number of aliphatic carboxylic acids is 1. The molecule has 98 valence electrons. The summed E-state index contributed by atoms with van der Waals surface area (Å²) in [5.74, 6) is -1.54. The molecule has 0 aliphatic carbocycles. The van der Waals surface area contributed by atoms with Gasteiger partial charge in [0.05, 0.1) is 12.1 Å². The summed E-state index contributed by atoms with van der Waals surface area (Å²) in [5, 5.41) is 13.0. The number of hydrogen-bond donors (Lipinski definition) is 3. The summed E-state index contributed by atoms with van der Waals surface area (Å²) in [7, 11) is 0. The lowest BCUT2D eigenvalue weighted by atomic mass is 10.2. The summed E-state index contributed by atoms with van der Waals surface area (Å²) in [6.45, 7) is 1.56. The van der Waals surface area contributed by atoms with Crippen LogP contribution in [0.4, 0.5) is 14.9 Å². The van der Waals surface area contributed by atoms with Gasteiger partial charge < -0.3 is 15.7 Å². The normalized spacial score (nSPS) is 9.94. The summed E-state index contributed by atoms with van der Waals surface area (Å²) < 4.78 is 14.3. The first kappa shape index (κ1) is 14.4. The van der Waals surface area contributed by atoms with Crippen molar-refractivity contribution in [1.82, 2.24) is 5.32 Å². The van der Waals surface area contributed by atoms with E-state index >= 15 is 0 Å². The summed E-state index contributed by atoms with van der Waals surface area (Å²) in [6, 6.07) is 2.39. The quantitative estimate of drug-likeness (QED) is 0.798. The number of carbonyl (C=O) groups is 2. The minimum absolute atomic E-state index is 0.0156. The summed E-state index contributed by atoms with van der Waals surface area (Å²) >= 11 is 3.17. The van der Waals surface area contributed by atoms with E-state index in [0.29, 0.717) is 10.0 Å². The maximum Gasteiger partial charge on any atom is 0.319 e. The second kappa shape index (κ2) is 6.34. The molecule has 0 atom stereocenters. The molecular weight excluding hydrogens is 307 g/mol. The number of benzene rings is 1. The lowest BCUT2D eigenvalue weighted by Crippen LogP contribution is -2.30. The Kier molecular flexibility index (Phi) is 5.08. The van der Waals surface area contributed by atoms with E-state index < -0.39 is 17.8 Å². The first-order valence-electron chi connectivity index (χ1n) is 5.13. The fraction of sp³-hybridized carbons (Fsp3) is 0.273. The van der Waals surface area contributed by atoms with Crippen molar-refractivity contribution in [3.8, 4) is 0 Å². The molecule has 3 N–H and O–H groups in total. The van der Waals surface area contributed by atoms with E-state index in [0.717, 1.165) is 0 Å². The Morgan fingerprint density at radius 1 is 1.44 bits per heavy atom. The van der Waals surface area contributed by atoms with Crippen LogP contribution in [-0.4, -0.2) is 23.7 Å². The molecular formula is C11H12BrFN2O3. The van der Waals surface area contributed by atoms with Crippen LogP contribution >= 0.6 is 15.9 Å². The van der Waals surface area contributed by atoms with E-state index in [1.807, 2.05) is 0 Å². The number of amides is 2. The van der Waals surface area contributed by atoms with E-state index in [2.05, 4.69) is 26.6 Å². The fourth-order valence-corrected chi connectivity index (χ4v) is 1.51. The van der Waals surface area contributed by atoms with Crippen molar-refractivity contribution in [2.75, 3.05) is 11.9 Å². The number of urea groups is 1.